The molecule has 0 atom stereocenters. The minimum absolute atomic E-state index is 0.455. The zero-order valence-electron chi connectivity index (χ0n) is 14.1. The molecule has 5 nitrogen and oxygen atoms in total. The molecule has 0 bridgehead atoms. The molecule has 3 N–H and O–H groups in total. The van der Waals surface area contributed by atoms with Crippen LogP contribution in [0.4, 0.5) is 11.5 Å². The SMILES string of the molecule is Cc1nc(N2CCCOCC2)ccc1NC1CC2(CC(N)C2)C1. The summed E-state index contributed by atoms with van der Waals surface area (Å²) in [4.78, 5) is 7.15. The molecule has 1 aliphatic heterocycles. The molecule has 0 aromatic carbocycles. The zero-order valence-corrected chi connectivity index (χ0v) is 14.1. The number of ether oxygens (including phenoxy) is 1. The van der Waals surface area contributed by atoms with Gasteiger partial charge in [-0.25, -0.2) is 4.98 Å². The highest BCUT2D eigenvalue weighted by atomic mass is 16.5. The fourth-order valence-corrected chi connectivity index (χ4v) is 4.55. The third kappa shape index (κ3) is 3.04. The zero-order chi connectivity index (χ0) is 15.9. The van der Waals surface area contributed by atoms with E-state index in [0.29, 0.717) is 17.5 Å². The Balaban J connectivity index is 1.36. The lowest BCUT2D eigenvalue weighted by atomic mass is 9.52. The first kappa shape index (κ1) is 15.2. The van der Waals surface area contributed by atoms with Crippen molar-refractivity contribution in [1.29, 1.82) is 0 Å². The van der Waals surface area contributed by atoms with Crippen LogP contribution in [0.15, 0.2) is 12.1 Å². The number of aromatic nitrogens is 1. The van der Waals surface area contributed by atoms with Crippen LogP contribution in [-0.2, 0) is 4.74 Å². The van der Waals surface area contributed by atoms with Crippen molar-refractivity contribution in [2.45, 2.75) is 51.1 Å². The van der Waals surface area contributed by atoms with Crippen LogP contribution in [-0.4, -0.2) is 43.4 Å². The van der Waals surface area contributed by atoms with Crippen LogP contribution in [0.1, 0.15) is 37.8 Å². The fraction of sp³-hybridized carbons (Fsp3) is 0.722. The second-order valence-corrected chi connectivity index (χ2v) is 7.67. The van der Waals surface area contributed by atoms with E-state index in [2.05, 4.69) is 29.3 Å². The largest absolute Gasteiger partial charge is 0.381 e. The van der Waals surface area contributed by atoms with Crippen molar-refractivity contribution in [2.24, 2.45) is 11.1 Å². The number of anilines is 2. The number of rotatable bonds is 3. The summed E-state index contributed by atoms with van der Waals surface area (Å²) >= 11 is 0. The number of nitrogens with one attached hydrogen (secondary N) is 1. The number of hydrogen-bond donors (Lipinski definition) is 2. The van der Waals surface area contributed by atoms with Crippen molar-refractivity contribution in [3.05, 3.63) is 17.8 Å². The Bertz CT molecular complexity index is 554. The van der Waals surface area contributed by atoms with Crippen molar-refractivity contribution < 1.29 is 4.74 Å². The number of pyridine rings is 1. The van der Waals surface area contributed by atoms with Gasteiger partial charge in [0.1, 0.15) is 5.82 Å². The lowest BCUT2D eigenvalue weighted by molar-refractivity contribution is 0.00118. The Morgan fingerprint density at radius 2 is 2.04 bits per heavy atom. The maximum absolute atomic E-state index is 5.94. The highest BCUT2D eigenvalue weighted by Crippen LogP contribution is 2.55. The highest BCUT2D eigenvalue weighted by molar-refractivity contribution is 5.54. The highest BCUT2D eigenvalue weighted by Gasteiger charge is 2.51. The Morgan fingerprint density at radius 3 is 2.78 bits per heavy atom. The van der Waals surface area contributed by atoms with Crippen LogP contribution in [0.25, 0.3) is 0 Å². The summed E-state index contributed by atoms with van der Waals surface area (Å²) in [5.41, 5.74) is 8.79. The van der Waals surface area contributed by atoms with E-state index in [4.69, 9.17) is 15.5 Å². The van der Waals surface area contributed by atoms with Gasteiger partial charge in [0.2, 0.25) is 0 Å². The van der Waals surface area contributed by atoms with Gasteiger partial charge >= 0.3 is 0 Å². The second-order valence-electron chi connectivity index (χ2n) is 7.67. The summed E-state index contributed by atoms with van der Waals surface area (Å²) in [5.74, 6) is 1.08. The molecule has 5 heteroatoms. The molecule has 0 unspecified atom stereocenters. The molecule has 0 radical (unpaired) electrons. The minimum Gasteiger partial charge on any atom is -0.381 e. The van der Waals surface area contributed by atoms with Crippen molar-refractivity contribution in [2.75, 3.05) is 36.5 Å². The molecule has 126 valence electrons. The molecule has 1 spiro atoms. The van der Waals surface area contributed by atoms with Crippen LogP contribution in [0.5, 0.6) is 0 Å². The van der Waals surface area contributed by atoms with Gasteiger partial charge < -0.3 is 20.7 Å². The molecule has 1 saturated heterocycles. The average molecular weight is 316 g/mol. The van der Waals surface area contributed by atoms with Crippen molar-refractivity contribution in [3.8, 4) is 0 Å². The normalized spacial score (nSPS) is 33.7. The van der Waals surface area contributed by atoms with Crippen LogP contribution >= 0.6 is 0 Å². The topological polar surface area (TPSA) is 63.4 Å². The monoisotopic (exact) mass is 316 g/mol. The molecular weight excluding hydrogens is 288 g/mol. The molecule has 3 aliphatic rings. The molecule has 4 rings (SSSR count). The molecule has 23 heavy (non-hydrogen) atoms. The third-order valence-corrected chi connectivity index (χ3v) is 5.73. The van der Waals surface area contributed by atoms with E-state index >= 15 is 0 Å². The molecule has 1 aromatic rings. The number of nitrogens with two attached hydrogens (primary N) is 1. The minimum atomic E-state index is 0.455. The number of nitrogens with zero attached hydrogens (tertiary/aromatic N) is 2. The van der Waals surface area contributed by atoms with Crippen LogP contribution in [0.2, 0.25) is 0 Å². The van der Waals surface area contributed by atoms with Gasteiger partial charge in [-0.3, -0.25) is 0 Å². The predicted octanol–water partition coefficient (Wildman–Crippen LogP) is 2.30. The molecule has 3 fully saturated rings. The van der Waals surface area contributed by atoms with Gasteiger partial charge in [0, 0.05) is 31.8 Å². The Labute approximate surface area is 138 Å². The molecule has 2 saturated carbocycles. The molecule has 1 aromatic heterocycles. The van der Waals surface area contributed by atoms with Gasteiger partial charge in [-0.15, -0.1) is 0 Å². The van der Waals surface area contributed by atoms with Crippen LogP contribution in [0, 0.1) is 12.3 Å². The van der Waals surface area contributed by atoms with Gasteiger partial charge in [-0.1, -0.05) is 0 Å². The molecular formula is C18H28N4O. The Hall–Kier alpha value is -1.33. The average Bonchev–Trinajstić information content (AvgIpc) is 2.74. The molecule has 2 heterocycles. The smallest absolute Gasteiger partial charge is 0.129 e. The van der Waals surface area contributed by atoms with E-state index in [1.165, 1.54) is 31.4 Å². The van der Waals surface area contributed by atoms with E-state index in [1.807, 2.05) is 0 Å². The van der Waals surface area contributed by atoms with Gasteiger partial charge in [-0.2, -0.15) is 0 Å². The lowest BCUT2D eigenvalue weighted by Crippen LogP contribution is -2.57. The molecule has 0 amide bonds. The predicted molar refractivity (Wildman–Crippen MR) is 92.9 cm³/mol. The number of hydrogen-bond acceptors (Lipinski definition) is 5. The Kier molecular flexibility index (Phi) is 3.93. The summed E-state index contributed by atoms with van der Waals surface area (Å²) in [6.07, 6.45) is 6.06. The first-order chi connectivity index (χ1) is 11.1. The molecule has 2 aliphatic carbocycles. The van der Waals surface area contributed by atoms with E-state index in [-0.39, 0.29) is 0 Å². The van der Waals surface area contributed by atoms with E-state index in [9.17, 15) is 0 Å². The number of aryl methyl sites for hydroxylation is 1. The van der Waals surface area contributed by atoms with Crippen molar-refractivity contribution in [3.63, 3.8) is 0 Å². The summed E-state index contributed by atoms with van der Waals surface area (Å²) in [6, 6.07) is 5.40. The van der Waals surface area contributed by atoms with Gasteiger partial charge in [-0.05, 0) is 56.6 Å². The van der Waals surface area contributed by atoms with E-state index < -0.39 is 0 Å². The third-order valence-electron chi connectivity index (χ3n) is 5.73. The maximum Gasteiger partial charge on any atom is 0.129 e. The quantitative estimate of drug-likeness (QED) is 0.896. The van der Waals surface area contributed by atoms with E-state index in [1.54, 1.807) is 0 Å². The standard InChI is InChI=1S/C18H28N4O/c1-13-16(21-15-11-18(12-15)9-14(19)10-18)3-4-17(20-13)22-5-2-7-23-8-6-22/h3-4,14-15,21H,2,5-12,19H2,1H3. The van der Waals surface area contributed by atoms with Crippen LogP contribution in [0.3, 0.4) is 0 Å². The van der Waals surface area contributed by atoms with Gasteiger partial charge in [0.15, 0.2) is 0 Å². The maximum atomic E-state index is 5.94. The summed E-state index contributed by atoms with van der Waals surface area (Å²) in [7, 11) is 0. The lowest BCUT2D eigenvalue weighted by Gasteiger charge is -2.57. The van der Waals surface area contributed by atoms with Gasteiger partial charge in [0.25, 0.3) is 0 Å². The summed E-state index contributed by atoms with van der Waals surface area (Å²) < 4.78 is 5.53. The fourth-order valence-electron chi connectivity index (χ4n) is 4.55. The van der Waals surface area contributed by atoms with Crippen molar-refractivity contribution >= 4 is 11.5 Å². The first-order valence-corrected chi connectivity index (χ1v) is 8.96. The van der Waals surface area contributed by atoms with Crippen molar-refractivity contribution in [1.82, 2.24) is 4.98 Å². The van der Waals surface area contributed by atoms with Gasteiger partial charge in [0.05, 0.1) is 18.0 Å². The van der Waals surface area contributed by atoms with Crippen LogP contribution < -0.4 is 16.0 Å². The summed E-state index contributed by atoms with van der Waals surface area (Å²) in [5, 5.41) is 3.68. The second kappa shape index (κ2) is 5.95. The summed E-state index contributed by atoms with van der Waals surface area (Å²) in [6.45, 7) is 5.73. The first-order valence-electron chi connectivity index (χ1n) is 8.96. The Morgan fingerprint density at radius 1 is 1.22 bits per heavy atom. The van der Waals surface area contributed by atoms with E-state index in [0.717, 1.165) is 44.2 Å².